The van der Waals surface area contributed by atoms with Gasteiger partial charge in [0.2, 0.25) is 17.6 Å². The average molecular weight is 449 g/mol. The molecule has 0 unspecified atom stereocenters. The van der Waals surface area contributed by atoms with E-state index in [0.29, 0.717) is 18.3 Å². The molecular weight excluding hydrogens is 416 g/mol. The number of methoxy groups -OCH3 is 1. The van der Waals surface area contributed by atoms with Gasteiger partial charge in [-0.25, -0.2) is 0 Å². The van der Waals surface area contributed by atoms with Crippen molar-refractivity contribution < 1.29 is 14.1 Å². The van der Waals surface area contributed by atoms with Crippen molar-refractivity contribution in [1.82, 2.24) is 15.0 Å². The second-order valence-electron chi connectivity index (χ2n) is 9.61. The number of benzene rings is 2. The van der Waals surface area contributed by atoms with Gasteiger partial charge in [0.15, 0.2) is 0 Å². The van der Waals surface area contributed by atoms with Gasteiger partial charge >= 0.3 is 0 Å². The van der Waals surface area contributed by atoms with Gasteiger partial charge in [0.1, 0.15) is 5.75 Å². The molecule has 0 aliphatic carbocycles. The number of rotatable bonds is 6. The molecule has 0 saturated carbocycles. The van der Waals surface area contributed by atoms with Crippen LogP contribution in [0.15, 0.2) is 53.1 Å². The van der Waals surface area contributed by atoms with Crippen LogP contribution in [0.2, 0.25) is 0 Å². The van der Waals surface area contributed by atoms with Gasteiger partial charge < -0.3 is 14.6 Å². The number of ether oxygens (including phenoxy) is 1. The molecule has 1 saturated heterocycles. The third-order valence-corrected chi connectivity index (χ3v) is 6.15. The number of anilines is 1. The van der Waals surface area contributed by atoms with E-state index >= 15 is 0 Å². The normalized spacial score (nSPS) is 15.4. The lowest BCUT2D eigenvalue weighted by molar-refractivity contribution is -0.121. The van der Waals surface area contributed by atoms with Crippen LogP contribution in [0.5, 0.6) is 5.75 Å². The van der Waals surface area contributed by atoms with E-state index in [-0.39, 0.29) is 17.2 Å². The van der Waals surface area contributed by atoms with Crippen molar-refractivity contribution in [3.63, 3.8) is 0 Å². The second kappa shape index (κ2) is 9.75. The SMILES string of the molecule is COc1ccc(NC(=O)C2CCN(Cc3nc(-c4ccc(C(C)(C)C)cc4)no3)CC2)cc1. The molecule has 2 heterocycles. The van der Waals surface area contributed by atoms with E-state index in [4.69, 9.17) is 9.26 Å². The number of piperidine rings is 1. The quantitative estimate of drug-likeness (QED) is 0.578. The number of hydrogen-bond donors (Lipinski definition) is 1. The molecule has 0 atom stereocenters. The van der Waals surface area contributed by atoms with Crippen molar-refractivity contribution >= 4 is 11.6 Å². The zero-order valence-corrected chi connectivity index (χ0v) is 19.8. The predicted molar refractivity (Wildman–Crippen MR) is 128 cm³/mol. The van der Waals surface area contributed by atoms with Gasteiger partial charge in [-0.3, -0.25) is 9.69 Å². The lowest BCUT2D eigenvalue weighted by Crippen LogP contribution is -2.37. The highest BCUT2D eigenvalue weighted by Gasteiger charge is 2.26. The molecule has 7 heteroatoms. The number of aromatic nitrogens is 2. The van der Waals surface area contributed by atoms with Crippen LogP contribution in [0.1, 0.15) is 45.1 Å². The van der Waals surface area contributed by atoms with Crippen LogP contribution >= 0.6 is 0 Å². The molecule has 7 nitrogen and oxygen atoms in total. The predicted octanol–water partition coefficient (Wildman–Crippen LogP) is 4.89. The zero-order chi connectivity index (χ0) is 23.4. The van der Waals surface area contributed by atoms with Crippen molar-refractivity contribution in [1.29, 1.82) is 0 Å². The van der Waals surface area contributed by atoms with Crippen molar-refractivity contribution in [3.05, 3.63) is 60.0 Å². The molecule has 4 rings (SSSR count). The van der Waals surface area contributed by atoms with Crippen LogP contribution in [0, 0.1) is 5.92 Å². The van der Waals surface area contributed by atoms with Gasteiger partial charge in [-0.15, -0.1) is 0 Å². The monoisotopic (exact) mass is 448 g/mol. The van der Waals surface area contributed by atoms with E-state index in [9.17, 15) is 4.79 Å². The minimum Gasteiger partial charge on any atom is -0.497 e. The van der Waals surface area contributed by atoms with E-state index in [1.165, 1.54) is 5.56 Å². The summed E-state index contributed by atoms with van der Waals surface area (Å²) in [6.07, 6.45) is 1.61. The molecular formula is C26H32N4O3. The fourth-order valence-electron chi connectivity index (χ4n) is 4.02. The first kappa shape index (κ1) is 23.0. The van der Waals surface area contributed by atoms with Crippen molar-refractivity contribution in [2.75, 3.05) is 25.5 Å². The highest BCUT2D eigenvalue weighted by atomic mass is 16.5. The minimum atomic E-state index is 0.00271. The lowest BCUT2D eigenvalue weighted by atomic mass is 9.87. The Kier molecular flexibility index (Phi) is 6.79. The number of carbonyl (C=O) groups excluding carboxylic acids is 1. The summed E-state index contributed by atoms with van der Waals surface area (Å²) >= 11 is 0. The Bertz CT molecular complexity index is 1060. The summed E-state index contributed by atoms with van der Waals surface area (Å²) in [5, 5.41) is 7.17. The fourth-order valence-corrected chi connectivity index (χ4v) is 4.02. The molecule has 1 aliphatic rings. The Hall–Kier alpha value is -3.19. The highest BCUT2D eigenvalue weighted by Crippen LogP contribution is 2.26. The first-order chi connectivity index (χ1) is 15.8. The van der Waals surface area contributed by atoms with Gasteiger partial charge in [-0.2, -0.15) is 4.98 Å². The molecule has 174 valence electrons. The van der Waals surface area contributed by atoms with Gasteiger partial charge in [-0.1, -0.05) is 50.2 Å². The molecule has 1 N–H and O–H groups in total. The maximum atomic E-state index is 12.6. The van der Waals surface area contributed by atoms with Crippen LogP contribution in [0.4, 0.5) is 5.69 Å². The fraction of sp³-hybridized carbons (Fsp3) is 0.423. The van der Waals surface area contributed by atoms with E-state index < -0.39 is 0 Å². The Morgan fingerprint density at radius 2 is 1.76 bits per heavy atom. The molecule has 0 bridgehead atoms. The number of nitrogens with zero attached hydrogens (tertiary/aromatic N) is 3. The van der Waals surface area contributed by atoms with Crippen LogP contribution in [0.3, 0.4) is 0 Å². The van der Waals surface area contributed by atoms with Crippen LogP contribution in [-0.2, 0) is 16.8 Å². The molecule has 0 radical (unpaired) electrons. The Balaban J connectivity index is 1.28. The van der Waals surface area contributed by atoms with Crippen molar-refractivity contribution in [2.45, 2.75) is 45.6 Å². The second-order valence-corrected chi connectivity index (χ2v) is 9.61. The number of amides is 1. The molecule has 3 aromatic rings. The molecule has 33 heavy (non-hydrogen) atoms. The van der Waals surface area contributed by atoms with E-state index in [1.54, 1.807) is 7.11 Å². The smallest absolute Gasteiger partial charge is 0.241 e. The maximum absolute atomic E-state index is 12.6. The number of likely N-dealkylation sites (tertiary alicyclic amines) is 1. The third-order valence-electron chi connectivity index (χ3n) is 6.15. The van der Waals surface area contributed by atoms with Gasteiger partial charge in [-0.05, 0) is 61.2 Å². The van der Waals surface area contributed by atoms with Crippen LogP contribution in [-0.4, -0.2) is 41.1 Å². The van der Waals surface area contributed by atoms with Crippen molar-refractivity contribution in [3.8, 4) is 17.1 Å². The Labute approximate surface area is 195 Å². The number of nitrogens with one attached hydrogen (secondary N) is 1. The van der Waals surface area contributed by atoms with E-state index in [1.807, 2.05) is 36.4 Å². The average Bonchev–Trinajstić information content (AvgIpc) is 3.28. The summed E-state index contributed by atoms with van der Waals surface area (Å²) in [5.74, 6) is 2.05. The standard InChI is InChI=1S/C26H32N4O3/c1-26(2,3)20-7-5-18(6-8-20)24-28-23(33-29-24)17-30-15-13-19(14-16-30)25(31)27-21-9-11-22(32-4)12-10-21/h5-12,19H,13-17H2,1-4H3,(H,27,31). The van der Waals surface area contributed by atoms with E-state index in [2.05, 4.69) is 53.3 Å². The summed E-state index contributed by atoms with van der Waals surface area (Å²) in [5.41, 5.74) is 3.12. The first-order valence-corrected chi connectivity index (χ1v) is 11.4. The van der Waals surface area contributed by atoms with Crippen LogP contribution in [0.25, 0.3) is 11.4 Å². The summed E-state index contributed by atoms with van der Waals surface area (Å²) in [6, 6.07) is 15.7. The van der Waals surface area contributed by atoms with Gasteiger partial charge in [0.25, 0.3) is 0 Å². The third kappa shape index (κ3) is 5.79. The Morgan fingerprint density at radius 3 is 2.36 bits per heavy atom. The highest BCUT2D eigenvalue weighted by molar-refractivity contribution is 5.92. The molecule has 2 aromatic carbocycles. The molecule has 1 aromatic heterocycles. The number of hydrogen-bond acceptors (Lipinski definition) is 6. The largest absolute Gasteiger partial charge is 0.497 e. The molecule has 1 fully saturated rings. The first-order valence-electron chi connectivity index (χ1n) is 11.4. The van der Waals surface area contributed by atoms with Crippen molar-refractivity contribution in [2.24, 2.45) is 5.92 Å². The zero-order valence-electron chi connectivity index (χ0n) is 19.8. The number of carbonyl (C=O) groups is 1. The maximum Gasteiger partial charge on any atom is 0.241 e. The molecule has 0 spiro atoms. The van der Waals surface area contributed by atoms with E-state index in [0.717, 1.165) is 42.9 Å². The summed E-state index contributed by atoms with van der Waals surface area (Å²) in [4.78, 5) is 19.5. The minimum absolute atomic E-state index is 0.00271. The molecule has 1 aliphatic heterocycles. The summed E-state index contributed by atoms with van der Waals surface area (Å²) in [6.45, 7) is 8.82. The van der Waals surface area contributed by atoms with Gasteiger partial charge in [0.05, 0.1) is 13.7 Å². The lowest BCUT2D eigenvalue weighted by Gasteiger charge is -2.30. The van der Waals surface area contributed by atoms with Gasteiger partial charge in [0, 0.05) is 17.2 Å². The molecule has 1 amide bonds. The summed E-state index contributed by atoms with van der Waals surface area (Å²) in [7, 11) is 1.63. The topological polar surface area (TPSA) is 80.5 Å². The Morgan fingerprint density at radius 1 is 1.09 bits per heavy atom. The van der Waals surface area contributed by atoms with Crippen LogP contribution < -0.4 is 10.1 Å². The summed E-state index contributed by atoms with van der Waals surface area (Å²) < 4.78 is 10.7.